The number of rotatable bonds is 3. The molecule has 2 heteroatoms. The van der Waals surface area contributed by atoms with Crippen LogP contribution < -0.4 is 0 Å². The molecule has 0 aromatic heterocycles. The summed E-state index contributed by atoms with van der Waals surface area (Å²) in [5.41, 5.74) is 1.56. The molecule has 4 aromatic rings. The van der Waals surface area contributed by atoms with E-state index in [4.69, 9.17) is 4.74 Å². The van der Waals surface area contributed by atoms with Crippen LogP contribution in [-0.2, 0) is 4.74 Å². The molecule has 0 N–H and O–H groups in total. The maximum absolute atomic E-state index is 12.2. The van der Waals surface area contributed by atoms with Crippen molar-refractivity contribution in [2.75, 3.05) is 0 Å². The van der Waals surface area contributed by atoms with Crippen molar-refractivity contribution in [3.05, 3.63) is 96.1 Å². The molecule has 0 saturated heterocycles. The van der Waals surface area contributed by atoms with Crippen molar-refractivity contribution in [2.45, 2.75) is 13.0 Å². The van der Waals surface area contributed by atoms with Crippen LogP contribution in [0.4, 0.5) is 0 Å². The maximum atomic E-state index is 12.2. The lowest BCUT2D eigenvalue weighted by Gasteiger charge is -2.14. The molecule has 1 atom stereocenters. The molecule has 1 unspecified atom stereocenters. The van der Waals surface area contributed by atoms with Gasteiger partial charge in [-0.1, -0.05) is 54.6 Å². The summed E-state index contributed by atoms with van der Waals surface area (Å²) in [7, 11) is 0. The summed E-state index contributed by atoms with van der Waals surface area (Å²) in [6, 6.07) is 28.0. The molecule has 0 aliphatic heterocycles. The molecule has 0 heterocycles. The van der Waals surface area contributed by atoms with Gasteiger partial charge < -0.3 is 4.74 Å². The first-order valence-corrected chi connectivity index (χ1v) is 8.39. The molecule has 0 saturated carbocycles. The third kappa shape index (κ3) is 3.11. The molecule has 0 amide bonds. The highest BCUT2D eigenvalue weighted by Crippen LogP contribution is 2.27. The Morgan fingerprint density at radius 3 is 2.04 bits per heavy atom. The standard InChI is InChI=1S/C23H18O2/c1-16(25-23(24)17-7-3-2-4-8-17)18-11-12-21-14-19-9-5-6-10-20(19)15-22(21)13-18/h2-16H,1H3. The van der Waals surface area contributed by atoms with Crippen LogP contribution in [0.2, 0.25) is 0 Å². The third-order valence-corrected chi connectivity index (χ3v) is 4.49. The van der Waals surface area contributed by atoms with E-state index in [2.05, 4.69) is 36.4 Å². The fourth-order valence-corrected chi connectivity index (χ4v) is 3.08. The van der Waals surface area contributed by atoms with E-state index in [9.17, 15) is 4.79 Å². The molecular weight excluding hydrogens is 308 g/mol. The summed E-state index contributed by atoms with van der Waals surface area (Å²) in [4.78, 5) is 12.2. The first-order chi connectivity index (χ1) is 12.2. The van der Waals surface area contributed by atoms with E-state index in [-0.39, 0.29) is 12.1 Å². The average Bonchev–Trinajstić information content (AvgIpc) is 2.66. The van der Waals surface area contributed by atoms with Gasteiger partial charge in [0.05, 0.1) is 5.56 Å². The Morgan fingerprint density at radius 2 is 1.32 bits per heavy atom. The maximum Gasteiger partial charge on any atom is 0.338 e. The Bertz CT molecular complexity index is 1050. The molecule has 0 aliphatic carbocycles. The highest BCUT2D eigenvalue weighted by Gasteiger charge is 2.14. The lowest BCUT2D eigenvalue weighted by molar-refractivity contribution is 0.0338. The van der Waals surface area contributed by atoms with Gasteiger partial charge in [0, 0.05) is 0 Å². The van der Waals surface area contributed by atoms with Crippen molar-refractivity contribution in [1.29, 1.82) is 0 Å². The summed E-state index contributed by atoms with van der Waals surface area (Å²) in [6.07, 6.45) is -0.302. The van der Waals surface area contributed by atoms with Crippen molar-refractivity contribution in [1.82, 2.24) is 0 Å². The van der Waals surface area contributed by atoms with Gasteiger partial charge in [-0.25, -0.2) is 4.79 Å². The zero-order valence-corrected chi connectivity index (χ0v) is 14.0. The van der Waals surface area contributed by atoms with Crippen LogP contribution in [0.15, 0.2) is 84.9 Å². The zero-order valence-electron chi connectivity index (χ0n) is 14.0. The molecule has 0 fully saturated rings. The van der Waals surface area contributed by atoms with E-state index in [1.165, 1.54) is 16.2 Å². The van der Waals surface area contributed by atoms with Gasteiger partial charge in [0.15, 0.2) is 0 Å². The summed E-state index contributed by atoms with van der Waals surface area (Å²) in [6.45, 7) is 1.91. The summed E-state index contributed by atoms with van der Waals surface area (Å²) >= 11 is 0. The van der Waals surface area contributed by atoms with Gasteiger partial charge in [-0.15, -0.1) is 0 Å². The van der Waals surface area contributed by atoms with Crippen molar-refractivity contribution >= 4 is 27.5 Å². The summed E-state index contributed by atoms with van der Waals surface area (Å²) in [5, 5.41) is 4.77. The fourth-order valence-electron chi connectivity index (χ4n) is 3.08. The van der Waals surface area contributed by atoms with E-state index in [0.717, 1.165) is 10.9 Å². The van der Waals surface area contributed by atoms with Gasteiger partial charge in [0.2, 0.25) is 0 Å². The first-order valence-electron chi connectivity index (χ1n) is 8.39. The second kappa shape index (κ2) is 6.40. The first kappa shape index (κ1) is 15.4. The van der Waals surface area contributed by atoms with Crippen molar-refractivity contribution in [3.8, 4) is 0 Å². The van der Waals surface area contributed by atoms with Crippen molar-refractivity contribution in [2.24, 2.45) is 0 Å². The van der Waals surface area contributed by atoms with Gasteiger partial charge >= 0.3 is 5.97 Å². The van der Waals surface area contributed by atoms with Crippen LogP contribution in [-0.4, -0.2) is 5.97 Å². The van der Waals surface area contributed by atoms with Crippen LogP contribution >= 0.6 is 0 Å². The average molecular weight is 326 g/mol. The van der Waals surface area contributed by atoms with E-state index >= 15 is 0 Å². The topological polar surface area (TPSA) is 26.3 Å². The SMILES string of the molecule is CC(OC(=O)c1ccccc1)c1ccc2cc3ccccc3cc2c1. The van der Waals surface area contributed by atoms with Gasteiger partial charge in [0.1, 0.15) is 6.10 Å². The Morgan fingerprint density at radius 1 is 0.720 bits per heavy atom. The fraction of sp³-hybridized carbons (Fsp3) is 0.0870. The molecular formula is C23H18O2. The number of esters is 1. The number of carbonyl (C=O) groups excluding carboxylic acids is 1. The monoisotopic (exact) mass is 326 g/mol. The summed E-state index contributed by atoms with van der Waals surface area (Å²) in [5.74, 6) is -0.299. The highest BCUT2D eigenvalue weighted by atomic mass is 16.5. The van der Waals surface area contributed by atoms with Crippen LogP contribution in [0, 0.1) is 0 Å². The van der Waals surface area contributed by atoms with Crippen LogP contribution in [0.3, 0.4) is 0 Å². The number of carbonyl (C=O) groups is 1. The van der Waals surface area contributed by atoms with Crippen molar-refractivity contribution < 1.29 is 9.53 Å². The van der Waals surface area contributed by atoms with Gasteiger partial charge in [0.25, 0.3) is 0 Å². The molecule has 0 spiro atoms. The smallest absolute Gasteiger partial charge is 0.338 e. The van der Waals surface area contributed by atoms with E-state index in [1.54, 1.807) is 12.1 Å². The molecule has 0 bridgehead atoms. The predicted molar refractivity (Wildman–Crippen MR) is 102 cm³/mol. The van der Waals surface area contributed by atoms with E-state index in [0.29, 0.717) is 5.56 Å². The third-order valence-electron chi connectivity index (χ3n) is 4.49. The largest absolute Gasteiger partial charge is 0.454 e. The molecule has 0 radical (unpaired) electrons. The quantitative estimate of drug-likeness (QED) is 0.345. The minimum Gasteiger partial charge on any atom is -0.454 e. The molecule has 0 aliphatic rings. The number of ether oxygens (including phenoxy) is 1. The minimum absolute atomic E-state index is 0.299. The molecule has 25 heavy (non-hydrogen) atoms. The van der Waals surface area contributed by atoms with Crippen LogP contribution in [0.1, 0.15) is 28.9 Å². The van der Waals surface area contributed by atoms with Gasteiger partial charge in [-0.3, -0.25) is 0 Å². The molecule has 4 aromatic carbocycles. The number of hydrogen-bond acceptors (Lipinski definition) is 2. The normalized spacial score (nSPS) is 12.2. The van der Waals surface area contributed by atoms with E-state index in [1.807, 2.05) is 43.3 Å². The second-order valence-corrected chi connectivity index (χ2v) is 6.22. The van der Waals surface area contributed by atoms with Gasteiger partial charge in [-0.05, 0) is 64.4 Å². The highest BCUT2D eigenvalue weighted by molar-refractivity contribution is 5.98. The number of fused-ring (bicyclic) bond motifs is 2. The predicted octanol–water partition coefficient (Wildman–Crippen LogP) is 5.91. The summed E-state index contributed by atoms with van der Waals surface area (Å²) < 4.78 is 5.62. The molecule has 122 valence electrons. The molecule has 4 rings (SSSR count). The van der Waals surface area contributed by atoms with Crippen LogP contribution in [0.25, 0.3) is 21.5 Å². The van der Waals surface area contributed by atoms with E-state index < -0.39 is 0 Å². The van der Waals surface area contributed by atoms with Gasteiger partial charge in [-0.2, -0.15) is 0 Å². The van der Waals surface area contributed by atoms with Crippen LogP contribution in [0.5, 0.6) is 0 Å². The molecule has 2 nitrogen and oxygen atoms in total. The minimum atomic E-state index is -0.302. The van der Waals surface area contributed by atoms with Crippen molar-refractivity contribution in [3.63, 3.8) is 0 Å². The zero-order chi connectivity index (χ0) is 17.2. The lowest BCUT2D eigenvalue weighted by Crippen LogP contribution is -2.09. The Hall–Kier alpha value is -3.13. The Kier molecular flexibility index (Phi) is 3.95. The Labute approximate surface area is 146 Å². The lowest BCUT2D eigenvalue weighted by atomic mass is 10.00. The second-order valence-electron chi connectivity index (χ2n) is 6.22. The number of hydrogen-bond donors (Lipinski definition) is 0. The Balaban J connectivity index is 1.64. The number of benzene rings is 4.